The maximum Gasteiger partial charge on any atom is 0.249 e. The molecule has 1 saturated heterocycles. The molecule has 0 spiro atoms. The van der Waals surface area contributed by atoms with Gasteiger partial charge in [-0.15, -0.1) is 12.4 Å². The van der Waals surface area contributed by atoms with Crippen molar-refractivity contribution in [1.82, 2.24) is 5.32 Å². The number of para-hydroxylation sites is 1. The number of nitrogens with zero attached hydrogens (tertiary/aromatic N) is 1. The van der Waals surface area contributed by atoms with Gasteiger partial charge in [-0.1, -0.05) is 36.6 Å². The summed E-state index contributed by atoms with van der Waals surface area (Å²) in [6.07, 6.45) is 5.86. The molecule has 1 aliphatic heterocycles. The van der Waals surface area contributed by atoms with Crippen molar-refractivity contribution < 1.29 is 9.59 Å². The zero-order valence-corrected chi connectivity index (χ0v) is 16.0. The van der Waals surface area contributed by atoms with E-state index in [4.69, 9.17) is 17.3 Å². The molecule has 5 nitrogen and oxygen atoms in total. The van der Waals surface area contributed by atoms with Crippen LogP contribution in [0.4, 0.5) is 5.69 Å². The second-order valence-electron chi connectivity index (χ2n) is 6.16. The SMILES string of the molecule is Cl.NCCCCCCC(=O)NC1CCCN(c2ccccc2Cl)C1=O. The minimum Gasteiger partial charge on any atom is -0.344 e. The quantitative estimate of drug-likeness (QED) is 0.671. The van der Waals surface area contributed by atoms with Crippen molar-refractivity contribution in [3.63, 3.8) is 0 Å². The summed E-state index contributed by atoms with van der Waals surface area (Å²) in [6, 6.07) is 6.85. The van der Waals surface area contributed by atoms with Crippen molar-refractivity contribution in [2.24, 2.45) is 5.73 Å². The topological polar surface area (TPSA) is 75.4 Å². The minimum atomic E-state index is -0.452. The van der Waals surface area contributed by atoms with E-state index in [9.17, 15) is 9.59 Å². The van der Waals surface area contributed by atoms with Gasteiger partial charge in [-0.05, 0) is 44.4 Å². The van der Waals surface area contributed by atoms with Crippen LogP contribution in [-0.4, -0.2) is 30.9 Å². The fourth-order valence-corrected chi connectivity index (χ4v) is 3.21. The van der Waals surface area contributed by atoms with Crippen LogP contribution in [0, 0.1) is 0 Å². The Morgan fingerprint density at radius 1 is 1.24 bits per heavy atom. The predicted octanol–water partition coefficient (Wildman–Crippen LogP) is 3.28. The van der Waals surface area contributed by atoms with Crippen LogP contribution < -0.4 is 16.0 Å². The van der Waals surface area contributed by atoms with Crippen molar-refractivity contribution in [2.45, 2.75) is 51.0 Å². The number of halogens is 2. The summed E-state index contributed by atoms with van der Waals surface area (Å²) in [4.78, 5) is 26.4. The lowest BCUT2D eigenvalue weighted by Crippen LogP contribution is -2.52. The van der Waals surface area contributed by atoms with Gasteiger partial charge in [0.05, 0.1) is 10.7 Å². The average Bonchev–Trinajstić information content (AvgIpc) is 2.57. The van der Waals surface area contributed by atoms with E-state index in [1.165, 1.54) is 0 Å². The van der Waals surface area contributed by atoms with Gasteiger partial charge in [0.25, 0.3) is 0 Å². The Morgan fingerprint density at radius 2 is 1.96 bits per heavy atom. The number of nitrogens with one attached hydrogen (secondary N) is 1. The molecule has 0 saturated carbocycles. The first-order valence-electron chi connectivity index (χ1n) is 8.69. The van der Waals surface area contributed by atoms with Crippen LogP contribution in [0.2, 0.25) is 5.02 Å². The Labute approximate surface area is 160 Å². The van der Waals surface area contributed by atoms with Crippen molar-refractivity contribution in [3.05, 3.63) is 29.3 Å². The number of piperidine rings is 1. The second-order valence-corrected chi connectivity index (χ2v) is 6.56. The molecule has 1 fully saturated rings. The molecule has 2 rings (SSSR count). The van der Waals surface area contributed by atoms with Gasteiger partial charge in [0.2, 0.25) is 11.8 Å². The van der Waals surface area contributed by atoms with Crippen molar-refractivity contribution >= 4 is 41.5 Å². The van der Waals surface area contributed by atoms with Crippen LogP contribution in [0.3, 0.4) is 0 Å². The first-order valence-corrected chi connectivity index (χ1v) is 9.06. The van der Waals surface area contributed by atoms with Gasteiger partial charge in [0.1, 0.15) is 6.04 Å². The molecule has 1 atom stereocenters. The van der Waals surface area contributed by atoms with Crippen LogP contribution in [0.15, 0.2) is 24.3 Å². The molecule has 1 aromatic carbocycles. The number of unbranched alkanes of at least 4 members (excludes halogenated alkanes) is 3. The molecule has 1 aliphatic rings. The van der Waals surface area contributed by atoms with Crippen molar-refractivity contribution in [3.8, 4) is 0 Å². The number of hydrogen-bond donors (Lipinski definition) is 2. The first-order chi connectivity index (χ1) is 11.6. The minimum absolute atomic E-state index is 0. The molecule has 3 N–H and O–H groups in total. The number of hydrogen-bond acceptors (Lipinski definition) is 3. The Kier molecular flexibility index (Phi) is 9.86. The number of anilines is 1. The van der Waals surface area contributed by atoms with Gasteiger partial charge in [-0.25, -0.2) is 0 Å². The molecule has 0 radical (unpaired) electrons. The van der Waals surface area contributed by atoms with E-state index in [0.717, 1.165) is 32.1 Å². The number of carbonyl (C=O) groups excluding carboxylic acids is 2. The van der Waals surface area contributed by atoms with Gasteiger partial charge in [-0.2, -0.15) is 0 Å². The summed E-state index contributed by atoms with van der Waals surface area (Å²) in [5, 5.41) is 3.43. The number of nitrogens with two attached hydrogens (primary N) is 1. The molecular formula is C18H27Cl2N3O2. The number of benzene rings is 1. The van der Waals surface area contributed by atoms with Crippen molar-refractivity contribution in [2.75, 3.05) is 18.0 Å². The van der Waals surface area contributed by atoms with E-state index in [-0.39, 0.29) is 24.2 Å². The maximum absolute atomic E-state index is 12.7. The molecule has 1 aromatic rings. The maximum atomic E-state index is 12.7. The Balaban J connectivity index is 0.00000312. The number of rotatable bonds is 8. The highest BCUT2D eigenvalue weighted by Gasteiger charge is 2.31. The number of amides is 2. The van der Waals surface area contributed by atoms with Gasteiger partial charge in [0.15, 0.2) is 0 Å². The summed E-state index contributed by atoms with van der Waals surface area (Å²) in [5.74, 6) is -0.132. The lowest BCUT2D eigenvalue weighted by Gasteiger charge is -2.33. The Morgan fingerprint density at radius 3 is 2.68 bits per heavy atom. The average molecular weight is 388 g/mol. The standard InChI is InChI=1S/C18H26ClN3O2.ClH/c19-14-8-4-5-10-16(14)22-13-7-9-15(18(22)24)21-17(23)11-3-1-2-6-12-20;/h4-5,8,10,15H,1-3,6-7,9,11-13,20H2,(H,21,23);1H. The molecule has 0 aromatic heterocycles. The third-order valence-corrected chi connectivity index (χ3v) is 4.59. The highest BCUT2D eigenvalue weighted by molar-refractivity contribution is 6.33. The van der Waals surface area contributed by atoms with Gasteiger partial charge in [-0.3, -0.25) is 9.59 Å². The lowest BCUT2D eigenvalue weighted by molar-refractivity contribution is -0.128. The fourth-order valence-electron chi connectivity index (χ4n) is 2.97. The zero-order chi connectivity index (χ0) is 17.4. The lowest BCUT2D eigenvalue weighted by atomic mass is 10.0. The summed E-state index contributed by atoms with van der Waals surface area (Å²) in [6.45, 7) is 1.33. The molecule has 2 amide bonds. The molecule has 7 heteroatoms. The Hall–Kier alpha value is -1.30. The predicted molar refractivity (Wildman–Crippen MR) is 104 cm³/mol. The summed E-state index contributed by atoms with van der Waals surface area (Å²) in [5.41, 5.74) is 6.16. The van der Waals surface area contributed by atoms with E-state index in [0.29, 0.717) is 36.6 Å². The smallest absolute Gasteiger partial charge is 0.249 e. The fraction of sp³-hybridized carbons (Fsp3) is 0.556. The highest BCUT2D eigenvalue weighted by Crippen LogP contribution is 2.28. The van der Waals surface area contributed by atoms with Gasteiger partial charge in [0, 0.05) is 13.0 Å². The second kappa shape index (κ2) is 11.3. The van der Waals surface area contributed by atoms with Crippen LogP contribution in [0.1, 0.15) is 44.9 Å². The van der Waals surface area contributed by atoms with E-state index in [1.54, 1.807) is 11.0 Å². The Bertz CT molecular complexity index is 569. The molecule has 25 heavy (non-hydrogen) atoms. The highest BCUT2D eigenvalue weighted by atomic mass is 35.5. The molecule has 0 bridgehead atoms. The largest absolute Gasteiger partial charge is 0.344 e. The third-order valence-electron chi connectivity index (χ3n) is 4.28. The molecule has 140 valence electrons. The molecule has 0 aliphatic carbocycles. The van der Waals surface area contributed by atoms with E-state index >= 15 is 0 Å². The third kappa shape index (κ3) is 6.49. The monoisotopic (exact) mass is 387 g/mol. The van der Waals surface area contributed by atoms with Crippen LogP contribution >= 0.6 is 24.0 Å². The summed E-state index contributed by atoms with van der Waals surface area (Å²) < 4.78 is 0. The summed E-state index contributed by atoms with van der Waals surface area (Å²) in [7, 11) is 0. The van der Waals surface area contributed by atoms with Gasteiger partial charge < -0.3 is 16.0 Å². The van der Waals surface area contributed by atoms with E-state index < -0.39 is 6.04 Å². The van der Waals surface area contributed by atoms with Crippen LogP contribution in [0.25, 0.3) is 0 Å². The van der Waals surface area contributed by atoms with Gasteiger partial charge >= 0.3 is 0 Å². The summed E-state index contributed by atoms with van der Waals surface area (Å²) >= 11 is 6.20. The van der Waals surface area contributed by atoms with Crippen LogP contribution in [-0.2, 0) is 9.59 Å². The molecule has 1 unspecified atom stereocenters. The normalized spacial score (nSPS) is 17.1. The molecule has 1 heterocycles. The first kappa shape index (κ1) is 21.7. The van der Waals surface area contributed by atoms with Crippen LogP contribution in [0.5, 0.6) is 0 Å². The zero-order valence-electron chi connectivity index (χ0n) is 14.4. The number of carbonyl (C=O) groups is 2. The van der Waals surface area contributed by atoms with Crippen molar-refractivity contribution in [1.29, 1.82) is 0 Å². The van der Waals surface area contributed by atoms with E-state index in [1.807, 2.05) is 18.2 Å². The molecular weight excluding hydrogens is 361 g/mol. The van der Waals surface area contributed by atoms with E-state index in [2.05, 4.69) is 5.32 Å².